The van der Waals surface area contributed by atoms with Crippen LogP contribution in [0.15, 0.2) is 109 Å². The third kappa shape index (κ3) is 3.65. The molecular formula is C29H21N2OS+. The molecule has 0 aliphatic rings. The quantitative estimate of drug-likeness (QED) is 0.264. The molecule has 0 atom stereocenters. The Hall–Kier alpha value is -4.02. The van der Waals surface area contributed by atoms with E-state index < -0.39 is 0 Å². The average Bonchev–Trinajstić information content (AvgIpc) is 3.23. The van der Waals surface area contributed by atoms with E-state index >= 15 is 0 Å². The van der Waals surface area contributed by atoms with Gasteiger partial charge in [-0.05, 0) is 54.6 Å². The van der Waals surface area contributed by atoms with Crippen LogP contribution < -0.4 is 9.30 Å². The Bertz CT molecular complexity index is 1610. The van der Waals surface area contributed by atoms with Gasteiger partial charge in [-0.2, -0.15) is 4.57 Å². The third-order valence-electron chi connectivity index (χ3n) is 5.89. The van der Waals surface area contributed by atoms with Crippen molar-refractivity contribution in [2.24, 2.45) is 7.05 Å². The van der Waals surface area contributed by atoms with Crippen molar-refractivity contribution in [2.45, 2.75) is 0 Å². The van der Waals surface area contributed by atoms with Crippen molar-refractivity contribution in [1.29, 1.82) is 0 Å². The molecule has 0 fully saturated rings. The van der Waals surface area contributed by atoms with Crippen LogP contribution in [0.1, 0.15) is 0 Å². The van der Waals surface area contributed by atoms with E-state index in [1.54, 1.807) is 6.20 Å². The van der Waals surface area contributed by atoms with Crippen LogP contribution in [0, 0.1) is 0 Å². The lowest BCUT2D eigenvalue weighted by molar-refractivity contribution is -0.649. The molecule has 0 aliphatic carbocycles. The third-order valence-corrected chi connectivity index (χ3v) is 7.05. The molecule has 6 rings (SSSR count). The normalized spacial score (nSPS) is 11.2. The van der Waals surface area contributed by atoms with Crippen LogP contribution in [-0.2, 0) is 7.05 Å². The Morgan fingerprint density at radius 2 is 1.42 bits per heavy atom. The van der Waals surface area contributed by atoms with E-state index in [1.807, 2.05) is 41.7 Å². The van der Waals surface area contributed by atoms with Crippen molar-refractivity contribution in [2.75, 3.05) is 0 Å². The highest BCUT2D eigenvalue weighted by atomic mass is 32.1. The van der Waals surface area contributed by atoms with Crippen molar-refractivity contribution in [3.63, 3.8) is 0 Å². The molecule has 0 saturated heterocycles. The fourth-order valence-corrected chi connectivity index (χ4v) is 5.38. The van der Waals surface area contributed by atoms with E-state index in [1.165, 1.54) is 31.4 Å². The first-order valence-electron chi connectivity index (χ1n) is 10.9. The number of rotatable bonds is 4. The maximum absolute atomic E-state index is 5.96. The minimum Gasteiger partial charge on any atom is -0.439 e. The van der Waals surface area contributed by atoms with Gasteiger partial charge < -0.3 is 4.74 Å². The summed E-state index contributed by atoms with van der Waals surface area (Å²) in [6.45, 7) is 0. The molecule has 0 N–H and O–H groups in total. The fraction of sp³-hybridized carbons (Fsp3) is 0.0345. The second-order valence-electron chi connectivity index (χ2n) is 7.96. The number of benzene rings is 3. The highest BCUT2D eigenvalue weighted by Crippen LogP contribution is 2.36. The first-order valence-corrected chi connectivity index (χ1v) is 11.7. The molecule has 6 aromatic rings. The first kappa shape index (κ1) is 19.6. The number of fused-ring (bicyclic) bond motifs is 3. The van der Waals surface area contributed by atoms with Crippen molar-refractivity contribution in [3.8, 4) is 34.1 Å². The van der Waals surface area contributed by atoms with Gasteiger partial charge in [0.15, 0.2) is 0 Å². The maximum Gasteiger partial charge on any atom is 0.219 e. The Kier molecular flexibility index (Phi) is 4.85. The molecule has 3 aromatic carbocycles. The minimum atomic E-state index is 0.587. The smallest absolute Gasteiger partial charge is 0.219 e. The SMILES string of the molecule is C[n+]1c(-c2cccc(Oc3ccccn3)c2)cccc1-c1ccc2sc3ccccc3c2c1. The first-order chi connectivity index (χ1) is 16.3. The van der Waals surface area contributed by atoms with Gasteiger partial charge in [-0.3, -0.25) is 0 Å². The van der Waals surface area contributed by atoms with Crippen LogP contribution in [0.2, 0.25) is 0 Å². The average molecular weight is 446 g/mol. The molecule has 0 radical (unpaired) electrons. The topological polar surface area (TPSA) is 26.0 Å². The maximum atomic E-state index is 5.96. The molecule has 0 unspecified atom stereocenters. The van der Waals surface area contributed by atoms with E-state index in [4.69, 9.17) is 4.74 Å². The van der Waals surface area contributed by atoms with Crippen LogP contribution in [0.3, 0.4) is 0 Å². The summed E-state index contributed by atoms with van der Waals surface area (Å²) in [4.78, 5) is 4.26. The summed E-state index contributed by atoms with van der Waals surface area (Å²) < 4.78 is 10.8. The van der Waals surface area contributed by atoms with Gasteiger partial charge in [-0.1, -0.05) is 30.3 Å². The summed E-state index contributed by atoms with van der Waals surface area (Å²) >= 11 is 1.85. The second-order valence-corrected chi connectivity index (χ2v) is 9.05. The van der Waals surface area contributed by atoms with Gasteiger partial charge in [0.05, 0.1) is 0 Å². The largest absolute Gasteiger partial charge is 0.439 e. The molecule has 33 heavy (non-hydrogen) atoms. The van der Waals surface area contributed by atoms with Gasteiger partial charge in [0.1, 0.15) is 12.8 Å². The molecule has 0 spiro atoms. The molecular weight excluding hydrogens is 424 g/mol. The van der Waals surface area contributed by atoms with Gasteiger partial charge in [0.25, 0.3) is 0 Å². The number of thiophene rings is 1. The summed E-state index contributed by atoms with van der Waals surface area (Å²) in [5.74, 6) is 1.35. The second kappa shape index (κ2) is 8.15. The van der Waals surface area contributed by atoms with Crippen LogP contribution in [0.5, 0.6) is 11.6 Å². The molecule has 0 amide bonds. The van der Waals surface area contributed by atoms with Gasteiger partial charge >= 0.3 is 0 Å². The van der Waals surface area contributed by atoms with E-state index in [0.29, 0.717) is 5.88 Å². The Balaban J connectivity index is 1.41. The summed E-state index contributed by atoms with van der Waals surface area (Å²) in [7, 11) is 2.12. The summed E-state index contributed by atoms with van der Waals surface area (Å²) in [5.41, 5.74) is 4.58. The molecule has 3 aromatic heterocycles. The van der Waals surface area contributed by atoms with Crippen LogP contribution in [-0.4, -0.2) is 4.98 Å². The molecule has 4 heteroatoms. The summed E-state index contributed by atoms with van der Waals surface area (Å²) in [6, 6.07) is 35.6. The van der Waals surface area contributed by atoms with E-state index in [2.05, 4.69) is 89.4 Å². The predicted octanol–water partition coefficient (Wildman–Crippen LogP) is 7.40. The molecule has 3 heterocycles. The molecule has 0 bridgehead atoms. The minimum absolute atomic E-state index is 0.587. The van der Waals surface area contributed by atoms with Crippen molar-refractivity contribution in [3.05, 3.63) is 109 Å². The number of hydrogen-bond donors (Lipinski definition) is 0. The zero-order chi connectivity index (χ0) is 22.2. The van der Waals surface area contributed by atoms with Crippen molar-refractivity contribution >= 4 is 31.5 Å². The summed E-state index contributed by atoms with van der Waals surface area (Å²) in [6.07, 6.45) is 1.73. The number of ether oxygens (including phenoxy) is 1. The number of aromatic nitrogens is 2. The number of nitrogens with zero attached hydrogens (tertiary/aromatic N) is 2. The van der Waals surface area contributed by atoms with Gasteiger partial charge in [-0.15, -0.1) is 11.3 Å². The van der Waals surface area contributed by atoms with E-state index in [9.17, 15) is 0 Å². The fourth-order valence-electron chi connectivity index (χ4n) is 4.30. The van der Waals surface area contributed by atoms with Gasteiger partial charge in [0.2, 0.25) is 17.3 Å². The highest BCUT2D eigenvalue weighted by molar-refractivity contribution is 7.25. The van der Waals surface area contributed by atoms with Gasteiger partial charge in [-0.25, -0.2) is 4.98 Å². The Labute approximate surface area is 196 Å². The van der Waals surface area contributed by atoms with Crippen molar-refractivity contribution < 1.29 is 9.30 Å². The monoisotopic (exact) mass is 445 g/mol. The molecule has 3 nitrogen and oxygen atoms in total. The Morgan fingerprint density at radius 1 is 0.667 bits per heavy atom. The molecule has 0 saturated carbocycles. The standard InChI is InChI=1S/C29H21N2OS/c1-31-25(20-8-6-9-22(18-20)32-29-14-4-5-17-30-29)11-7-12-26(31)21-15-16-28-24(19-21)23-10-2-3-13-27(23)33-28/h2-19H,1H3/q+1. The van der Waals surface area contributed by atoms with Crippen molar-refractivity contribution in [1.82, 2.24) is 4.98 Å². The van der Waals surface area contributed by atoms with E-state index in [-0.39, 0.29) is 0 Å². The Morgan fingerprint density at radius 3 is 2.27 bits per heavy atom. The zero-order valence-electron chi connectivity index (χ0n) is 18.1. The number of hydrogen-bond acceptors (Lipinski definition) is 3. The lowest BCUT2D eigenvalue weighted by Gasteiger charge is -2.08. The van der Waals surface area contributed by atoms with Gasteiger partial charge in [0, 0.05) is 55.7 Å². The lowest BCUT2D eigenvalue weighted by Crippen LogP contribution is -2.33. The molecule has 0 aliphatic heterocycles. The number of pyridine rings is 2. The van der Waals surface area contributed by atoms with Crippen LogP contribution in [0.4, 0.5) is 0 Å². The lowest BCUT2D eigenvalue weighted by atomic mass is 10.0. The van der Waals surface area contributed by atoms with Crippen LogP contribution >= 0.6 is 11.3 Å². The summed E-state index contributed by atoms with van der Waals surface area (Å²) in [5, 5.41) is 2.63. The van der Waals surface area contributed by atoms with E-state index in [0.717, 1.165) is 17.0 Å². The van der Waals surface area contributed by atoms with Crippen LogP contribution in [0.25, 0.3) is 42.7 Å². The highest BCUT2D eigenvalue weighted by Gasteiger charge is 2.18. The molecule has 158 valence electrons. The predicted molar refractivity (Wildman–Crippen MR) is 136 cm³/mol. The zero-order valence-corrected chi connectivity index (χ0v) is 18.9.